The lowest BCUT2D eigenvalue weighted by Crippen LogP contribution is -1.91. The third-order valence-corrected chi connectivity index (χ3v) is 17.0. The molecule has 0 N–H and O–H groups in total. The molecule has 0 unspecified atom stereocenters. The maximum Gasteiger partial charge on any atom is 0.143 e. The van der Waals surface area contributed by atoms with Crippen molar-refractivity contribution in [3.63, 3.8) is 0 Å². The van der Waals surface area contributed by atoms with Crippen molar-refractivity contribution in [1.82, 2.24) is 0 Å². The molecule has 0 aliphatic carbocycles. The third-order valence-electron chi connectivity index (χ3n) is 17.0. The Morgan fingerprint density at radius 3 is 1.06 bits per heavy atom. The van der Waals surface area contributed by atoms with Crippen LogP contribution in [0.1, 0.15) is 0 Å². The predicted octanol–water partition coefficient (Wildman–Crippen LogP) is 22.4. The standard InChI is InChI=1S/C78H46O2/c1-3-18-61-59(16-1)73(50-37-35-49(36-38-50)57-25-13-26-67-58-15-9-11-28-70(58)80-78(57)67)60-17-2-4-19-62(60)74(61)53-41-33-47-31-39-51(43-55(47)45-53)52-40-32-48-34-42-54(46-56(48)44-52)75-63-20-5-7-22-65(63)76(66-23-8-6-21-64(66)75)69-27-14-30-72-77(69)68-24-10-12-29-71(68)79-72/h1-46H. The molecule has 0 spiro atoms. The monoisotopic (exact) mass is 1010 g/mol. The molecule has 0 radical (unpaired) electrons. The fraction of sp³-hybridized carbons (Fsp3) is 0. The van der Waals surface area contributed by atoms with E-state index in [9.17, 15) is 0 Å². The maximum atomic E-state index is 6.46. The van der Waals surface area contributed by atoms with Crippen molar-refractivity contribution < 1.29 is 8.83 Å². The Bertz CT molecular complexity index is 5310. The molecule has 370 valence electrons. The molecule has 80 heavy (non-hydrogen) atoms. The number of furan rings is 2. The van der Waals surface area contributed by atoms with Crippen LogP contribution in [0.2, 0.25) is 0 Å². The molecular formula is C78H46O2. The molecule has 0 atom stereocenters. The van der Waals surface area contributed by atoms with Crippen molar-refractivity contribution >= 4 is 109 Å². The summed E-state index contributed by atoms with van der Waals surface area (Å²) in [5.74, 6) is 0. The first kappa shape index (κ1) is 44.6. The summed E-state index contributed by atoms with van der Waals surface area (Å²) in [5.41, 5.74) is 18.0. The van der Waals surface area contributed by atoms with Gasteiger partial charge in [-0.2, -0.15) is 0 Å². The van der Waals surface area contributed by atoms with Gasteiger partial charge in [-0.3, -0.25) is 0 Å². The lowest BCUT2D eigenvalue weighted by Gasteiger charge is -2.18. The SMILES string of the molecule is c1ccc2c(c1)oc1c(-c3ccc(-c4c5ccccc5c(-c5ccc6ccc(-c7ccc8ccc(-c9c%10ccccc%10c(-c%10cccc%11oc%12ccccc%12c%10%11)c%10ccccc9%10)cc8c7)cc6c5)c5ccccc45)cc3)cccc12. The molecule has 0 amide bonds. The summed E-state index contributed by atoms with van der Waals surface area (Å²) in [6.07, 6.45) is 0. The van der Waals surface area contributed by atoms with Crippen molar-refractivity contribution in [3.8, 4) is 66.8 Å². The molecule has 2 heteroatoms. The van der Waals surface area contributed by atoms with Gasteiger partial charge in [-0.25, -0.2) is 0 Å². The molecule has 0 bridgehead atoms. The van der Waals surface area contributed by atoms with Crippen molar-refractivity contribution in [1.29, 1.82) is 0 Å². The van der Waals surface area contributed by atoms with E-state index in [-0.39, 0.29) is 0 Å². The second-order valence-corrected chi connectivity index (χ2v) is 21.4. The van der Waals surface area contributed by atoms with E-state index in [1.54, 1.807) is 0 Å². The van der Waals surface area contributed by atoms with Gasteiger partial charge in [-0.15, -0.1) is 0 Å². The lowest BCUT2D eigenvalue weighted by molar-refractivity contribution is 0.669. The van der Waals surface area contributed by atoms with Gasteiger partial charge in [-0.1, -0.05) is 237 Å². The number of benzene rings is 15. The molecule has 0 aliphatic heterocycles. The van der Waals surface area contributed by atoms with Crippen LogP contribution in [0, 0.1) is 0 Å². The average Bonchev–Trinajstić information content (AvgIpc) is 4.21. The first-order valence-electron chi connectivity index (χ1n) is 27.5. The number of fused-ring (bicyclic) bond motifs is 12. The van der Waals surface area contributed by atoms with Gasteiger partial charge < -0.3 is 8.83 Å². The van der Waals surface area contributed by atoms with Crippen LogP contribution in [0.3, 0.4) is 0 Å². The van der Waals surface area contributed by atoms with Gasteiger partial charge in [0, 0.05) is 27.1 Å². The smallest absolute Gasteiger partial charge is 0.143 e. The highest BCUT2D eigenvalue weighted by Crippen LogP contribution is 2.49. The zero-order valence-electron chi connectivity index (χ0n) is 43.4. The van der Waals surface area contributed by atoms with E-state index in [2.05, 4.69) is 261 Å². The molecule has 15 aromatic carbocycles. The van der Waals surface area contributed by atoms with Crippen LogP contribution >= 0.6 is 0 Å². The van der Waals surface area contributed by atoms with E-state index in [4.69, 9.17) is 8.83 Å². The molecule has 2 heterocycles. The Hall–Kier alpha value is -10.5. The predicted molar refractivity (Wildman–Crippen MR) is 339 cm³/mol. The second kappa shape index (κ2) is 17.5. The first-order valence-corrected chi connectivity index (χ1v) is 27.5. The molecule has 2 nitrogen and oxygen atoms in total. The van der Waals surface area contributed by atoms with Crippen molar-refractivity contribution in [2.24, 2.45) is 0 Å². The summed E-state index contributed by atoms with van der Waals surface area (Å²) in [6.45, 7) is 0. The summed E-state index contributed by atoms with van der Waals surface area (Å²) in [5, 5.41) is 19.2. The highest BCUT2D eigenvalue weighted by molar-refractivity contribution is 6.26. The zero-order chi connectivity index (χ0) is 52.4. The topological polar surface area (TPSA) is 26.3 Å². The summed E-state index contributed by atoms with van der Waals surface area (Å²) in [7, 11) is 0. The van der Waals surface area contributed by atoms with Gasteiger partial charge in [0.15, 0.2) is 0 Å². The molecule has 0 aliphatic rings. The van der Waals surface area contributed by atoms with Crippen LogP contribution in [0.25, 0.3) is 175 Å². The molecule has 17 rings (SSSR count). The molecular weight excluding hydrogens is 969 g/mol. The average molecular weight is 1020 g/mol. The lowest BCUT2D eigenvalue weighted by atomic mass is 9.84. The van der Waals surface area contributed by atoms with Crippen LogP contribution in [0.15, 0.2) is 288 Å². The van der Waals surface area contributed by atoms with Crippen LogP contribution in [-0.4, -0.2) is 0 Å². The van der Waals surface area contributed by atoms with Crippen molar-refractivity contribution in [3.05, 3.63) is 279 Å². The molecule has 0 saturated heterocycles. The van der Waals surface area contributed by atoms with Crippen molar-refractivity contribution in [2.75, 3.05) is 0 Å². The summed E-state index contributed by atoms with van der Waals surface area (Å²) in [4.78, 5) is 0. The maximum absolute atomic E-state index is 6.46. The minimum absolute atomic E-state index is 0.902. The molecule has 0 saturated carbocycles. The van der Waals surface area contributed by atoms with Crippen LogP contribution < -0.4 is 0 Å². The van der Waals surface area contributed by atoms with Gasteiger partial charge >= 0.3 is 0 Å². The van der Waals surface area contributed by atoms with E-state index in [1.807, 2.05) is 18.2 Å². The van der Waals surface area contributed by atoms with Crippen LogP contribution in [0.5, 0.6) is 0 Å². The fourth-order valence-corrected chi connectivity index (χ4v) is 13.4. The highest BCUT2D eigenvalue weighted by atomic mass is 16.3. The van der Waals surface area contributed by atoms with Gasteiger partial charge in [0.25, 0.3) is 0 Å². The quantitative estimate of drug-likeness (QED) is 0.155. The summed E-state index contributed by atoms with van der Waals surface area (Å²) in [6, 6.07) is 102. The molecule has 2 aromatic heterocycles. The van der Waals surface area contributed by atoms with Crippen molar-refractivity contribution in [2.45, 2.75) is 0 Å². The van der Waals surface area contributed by atoms with E-state index in [0.717, 1.165) is 55.0 Å². The van der Waals surface area contributed by atoms with E-state index in [1.165, 1.54) is 120 Å². The Kier molecular flexibility index (Phi) is 9.75. The van der Waals surface area contributed by atoms with E-state index in [0.29, 0.717) is 0 Å². The highest BCUT2D eigenvalue weighted by Gasteiger charge is 2.22. The first-order chi connectivity index (χ1) is 39.7. The second-order valence-electron chi connectivity index (χ2n) is 21.4. The Balaban J connectivity index is 0.762. The van der Waals surface area contributed by atoms with Gasteiger partial charge in [0.05, 0.1) is 0 Å². The Morgan fingerprint density at radius 1 is 0.188 bits per heavy atom. The largest absolute Gasteiger partial charge is 0.456 e. The van der Waals surface area contributed by atoms with E-state index < -0.39 is 0 Å². The zero-order valence-corrected chi connectivity index (χ0v) is 43.4. The Morgan fingerprint density at radius 2 is 0.537 bits per heavy atom. The summed E-state index contributed by atoms with van der Waals surface area (Å²) >= 11 is 0. The fourth-order valence-electron chi connectivity index (χ4n) is 13.4. The molecule has 0 fully saturated rings. The van der Waals surface area contributed by atoms with Crippen LogP contribution in [-0.2, 0) is 0 Å². The Labute approximate surface area is 460 Å². The molecule has 17 aromatic rings. The van der Waals surface area contributed by atoms with E-state index >= 15 is 0 Å². The number of hydrogen-bond acceptors (Lipinski definition) is 2. The van der Waals surface area contributed by atoms with Gasteiger partial charge in [-0.05, 0) is 168 Å². The third kappa shape index (κ3) is 6.79. The minimum atomic E-state index is 0.902. The normalized spacial score (nSPS) is 12.0. The van der Waals surface area contributed by atoms with Gasteiger partial charge in [0.2, 0.25) is 0 Å². The van der Waals surface area contributed by atoms with Gasteiger partial charge in [0.1, 0.15) is 22.3 Å². The van der Waals surface area contributed by atoms with Crippen LogP contribution in [0.4, 0.5) is 0 Å². The number of para-hydroxylation sites is 3. The number of rotatable bonds is 6. The minimum Gasteiger partial charge on any atom is -0.456 e. The summed E-state index contributed by atoms with van der Waals surface area (Å²) < 4.78 is 12.9. The number of hydrogen-bond donors (Lipinski definition) is 0.